The van der Waals surface area contributed by atoms with E-state index in [9.17, 15) is 0 Å². The first-order valence-corrected chi connectivity index (χ1v) is 9.11. The van der Waals surface area contributed by atoms with Gasteiger partial charge in [0.15, 0.2) is 5.82 Å². The second-order valence-corrected chi connectivity index (χ2v) is 7.03. The van der Waals surface area contributed by atoms with Gasteiger partial charge in [0, 0.05) is 38.6 Å². The number of likely N-dealkylation sites (N-methyl/N-ethyl adjacent to an activating group) is 1. The second-order valence-electron chi connectivity index (χ2n) is 7.03. The van der Waals surface area contributed by atoms with E-state index in [0.717, 1.165) is 60.0 Å². The topological polar surface area (TPSA) is 58.0 Å². The minimum Gasteiger partial charge on any atom is -0.353 e. The van der Waals surface area contributed by atoms with Crippen LogP contribution in [-0.4, -0.2) is 46.1 Å². The largest absolute Gasteiger partial charge is 0.353 e. The molecule has 1 saturated heterocycles. The molecule has 6 nitrogen and oxygen atoms in total. The third kappa shape index (κ3) is 3.19. The average Bonchev–Trinajstić information content (AvgIpc) is 2.67. The minimum absolute atomic E-state index is 0.360. The smallest absolute Gasteiger partial charge is 0.225 e. The lowest BCUT2D eigenvalue weighted by Crippen LogP contribution is -2.47. The summed E-state index contributed by atoms with van der Waals surface area (Å²) >= 11 is 0. The molecule has 1 unspecified atom stereocenters. The first-order chi connectivity index (χ1) is 12.6. The van der Waals surface area contributed by atoms with Crippen LogP contribution >= 0.6 is 0 Å². The van der Waals surface area contributed by atoms with E-state index in [1.165, 1.54) is 0 Å². The third-order valence-electron chi connectivity index (χ3n) is 5.05. The normalized spacial score (nSPS) is 17.5. The van der Waals surface area contributed by atoms with E-state index in [4.69, 9.17) is 9.97 Å². The number of hydrogen-bond acceptors (Lipinski definition) is 6. The number of fused-ring (bicyclic) bond motifs is 1. The fourth-order valence-corrected chi connectivity index (χ4v) is 3.57. The molecule has 0 spiro atoms. The lowest BCUT2D eigenvalue weighted by molar-refractivity contribution is 0.480. The zero-order valence-electron chi connectivity index (χ0n) is 15.6. The Morgan fingerprint density at radius 2 is 1.73 bits per heavy atom. The van der Waals surface area contributed by atoms with Crippen LogP contribution in [0, 0.1) is 13.8 Å². The molecular weight excluding hydrogens is 324 g/mol. The molecule has 2 aromatic heterocycles. The predicted molar refractivity (Wildman–Crippen MR) is 105 cm³/mol. The Bertz CT molecular complexity index is 908. The summed E-state index contributed by atoms with van der Waals surface area (Å²) in [5, 5.41) is 0. The highest BCUT2D eigenvalue weighted by molar-refractivity contribution is 5.76. The summed E-state index contributed by atoms with van der Waals surface area (Å²) in [6.45, 7) is 5.97. The number of aromatic nitrogens is 4. The lowest BCUT2D eigenvalue weighted by Gasteiger charge is -2.38. The average molecular weight is 348 g/mol. The van der Waals surface area contributed by atoms with Gasteiger partial charge < -0.3 is 9.80 Å². The third-order valence-corrected chi connectivity index (χ3v) is 5.05. The van der Waals surface area contributed by atoms with Crippen molar-refractivity contribution in [2.24, 2.45) is 0 Å². The number of anilines is 2. The molecule has 0 bridgehead atoms. The van der Waals surface area contributed by atoms with Crippen molar-refractivity contribution in [3.63, 3.8) is 0 Å². The molecule has 134 valence electrons. The molecule has 1 fully saturated rings. The maximum atomic E-state index is 4.89. The minimum atomic E-state index is 0.360. The Kier molecular flexibility index (Phi) is 4.41. The molecule has 0 N–H and O–H groups in total. The van der Waals surface area contributed by atoms with Gasteiger partial charge in [-0.3, -0.25) is 0 Å². The molecule has 0 saturated carbocycles. The summed E-state index contributed by atoms with van der Waals surface area (Å²) in [4.78, 5) is 23.1. The van der Waals surface area contributed by atoms with Gasteiger partial charge in [-0.2, -0.15) is 0 Å². The van der Waals surface area contributed by atoms with Crippen LogP contribution in [0.5, 0.6) is 0 Å². The van der Waals surface area contributed by atoms with Gasteiger partial charge >= 0.3 is 0 Å². The van der Waals surface area contributed by atoms with Crippen LogP contribution in [0.25, 0.3) is 11.0 Å². The number of nitrogens with zero attached hydrogens (tertiary/aromatic N) is 6. The summed E-state index contributed by atoms with van der Waals surface area (Å²) in [5.41, 5.74) is 3.96. The Morgan fingerprint density at radius 1 is 1.04 bits per heavy atom. The highest BCUT2D eigenvalue weighted by atomic mass is 15.3. The number of para-hydroxylation sites is 2. The highest BCUT2D eigenvalue weighted by Gasteiger charge is 2.26. The maximum absolute atomic E-state index is 4.89. The first kappa shape index (κ1) is 16.7. The molecule has 0 radical (unpaired) electrons. The van der Waals surface area contributed by atoms with Crippen LogP contribution in [0.2, 0.25) is 0 Å². The lowest BCUT2D eigenvalue weighted by atomic mass is 10.0. The Hall–Kier alpha value is -2.76. The Balaban J connectivity index is 1.58. The molecule has 26 heavy (non-hydrogen) atoms. The number of rotatable bonds is 3. The van der Waals surface area contributed by atoms with Crippen LogP contribution in [0.4, 0.5) is 11.8 Å². The highest BCUT2D eigenvalue weighted by Crippen LogP contribution is 2.25. The second kappa shape index (κ2) is 6.86. The van der Waals surface area contributed by atoms with Crippen LogP contribution < -0.4 is 9.80 Å². The van der Waals surface area contributed by atoms with Gasteiger partial charge in [-0.1, -0.05) is 12.1 Å². The van der Waals surface area contributed by atoms with Crippen LogP contribution in [-0.2, 0) is 0 Å². The van der Waals surface area contributed by atoms with Crippen molar-refractivity contribution in [2.75, 3.05) is 29.9 Å². The van der Waals surface area contributed by atoms with E-state index >= 15 is 0 Å². The number of hydrogen-bond donors (Lipinski definition) is 0. The van der Waals surface area contributed by atoms with Crippen LogP contribution in [0.15, 0.2) is 36.7 Å². The van der Waals surface area contributed by atoms with Crippen molar-refractivity contribution in [2.45, 2.75) is 32.7 Å². The van der Waals surface area contributed by atoms with Crippen molar-refractivity contribution in [3.05, 3.63) is 47.9 Å². The zero-order chi connectivity index (χ0) is 18.1. The SMILES string of the molecule is Cc1cnc(N(C)C2CCCN(c3nc4ccccc4nc3C)C2)nc1. The van der Waals surface area contributed by atoms with Gasteiger partial charge in [0.25, 0.3) is 0 Å². The zero-order valence-corrected chi connectivity index (χ0v) is 15.6. The van der Waals surface area contributed by atoms with E-state index < -0.39 is 0 Å². The summed E-state index contributed by atoms with van der Waals surface area (Å²) in [7, 11) is 2.08. The van der Waals surface area contributed by atoms with E-state index in [1.54, 1.807) is 0 Å². The van der Waals surface area contributed by atoms with E-state index in [-0.39, 0.29) is 0 Å². The number of aryl methyl sites for hydroxylation is 2. The first-order valence-electron chi connectivity index (χ1n) is 9.11. The molecule has 1 aliphatic rings. The van der Waals surface area contributed by atoms with Gasteiger partial charge in [0.2, 0.25) is 5.95 Å². The van der Waals surface area contributed by atoms with Gasteiger partial charge in [-0.25, -0.2) is 19.9 Å². The van der Waals surface area contributed by atoms with Crippen molar-refractivity contribution in [1.29, 1.82) is 0 Å². The molecule has 0 aliphatic carbocycles. The maximum Gasteiger partial charge on any atom is 0.225 e. The summed E-state index contributed by atoms with van der Waals surface area (Å²) in [5.74, 6) is 1.77. The van der Waals surface area contributed by atoms with Crippen LogP contribution in [0.1, 0.15) is 24.1 Å². The van der Waals surface area contributed by atoms with E-state index in [1.807, 2.05) is 50.5 Å². The number of piperidine rings is 1. The Labute approximate surface area is 153 Å². The fraction of sp³-hybridized carbons (Fsp3) is 0.400. The monoisotopic (exact) mass is 348 g/mol. The Morgan fingerprint density at radius 3 is 2.46 bits per heavy atom. The quantitative estimate of drug-likeness (QED) is 0.725. The summed E-state index contributed by atoms with van der Waals surface area (Å²) in [6.07, 6.45) is 6.00. The molecule has 1 aliphatic heterocycles. The van der Waals surface area contributed by atoms with Crippen molar-refractivity contribution in [3.8, 4) is 0 Å². The van der Waals surface area contributed by atoms with Gasteiger partial charge in [0.1, 0.15) is 0 Å². The summed E-state index contributed by atoms with van der Waals surface area (Å²) < 4.78 is 0. The fourth-order valence-electron chi connectivity index (χ4n) is 3.57. The standard InChI is InChI=1S/C20H24N6/c1-14-11-21-20(22-12-14)25(3)16-7-6-10-26(13-16)19-15(2)23-17-8-4-5-9-18(17)24-19/h4-5,8-9,11-12,16H,6-7,10,13H2,1-3H3. The van der Waals surface area contributed by atoms with Crippen molar-refractivity contribution in [1.82, 2.24) is 19.9 Å². The van der Waals surface area contributed by atoms with E-state index in [0.29, 0.717) is 6.04 Å². The van der Waals surface area contributed by atoms with E-state index in [2.05, 4.69) is 26.8 Å². The van der Waals surface area contributed by atoms with Crippen LogP contribution in [0.3, 0.4) is 0 Å². The van der Waals surface area contributed by atoms with Crippen molar-refractivity contribution < 1.29 is 0 Å². The molecular formula is C20H24N6. The molecule has 0 amide bonds. The van der Waals surface area contributed by atoms with Gasteiger partial charge in [-0.15, -0.1) is 0 Å². The van der Waals surface area contributed by atoms with Gasteiger partial charge in [-0.05, 0) is 44.4 Å². The molecule has 1 aromatic carbocycles. The molecule has 3 aromatic rings. The number of benzene rings is 1. The summed E-state index contributed by atoms with van der Waals surface area (Å²) in [6, 6.07) is 8.42. The molecule has 6 heteroatoms. The molecule has 4 rings (SSSR count). The molecule has 1 atom stereocenters. The predicted octanol–water partition coefficient (Wildman–Crippen LogP) is 3.14. The molecule has 3 heterocycles. The van der Waals surface area contributed by atoms with Crippen molar-refractivity contribution >= 4 is 22.8 Å². The van der Waals surface area contributed by atoms with Gasteiger partial charge in [0.05, 0.1) is 16.7 Å².